The molecule has 0 aromatic heterocycles. The summed E-state index contributed by atoms with van der Waals surface area (Å²) < 4.78 is 5.29. The van der Waals surface area contributed by atoms with Gasteiger partial charge < -0.3 is 15.4 Å². The van der Waals surface area contributed by atoms with Gasteiger partial charge in [-0.1, -0.05) is 12.8 Å². The summed E-state index contributed by atoms with van der Waals surface area (Å²) in [5.74, 6) is 0.602. The molecule has 1 saturated carbocycles. The van der Waals surface area contributed by atoms with Crippen molar-refractivity contribution in [3.63, 3.8) is 0 Å². The molecule has 1 aliphatic carbocycles. The van der Waals surface area contributed by atoms with Crippen LogP contribution in [0.15, 0.2) is 0 Å². The van der Waals surface area contributed by atoms with E-state index in [0.717, 1.165) is 13.0 Å². The lowest BCUT2D eigenvalue weighted by Crippen LogP contribution is -2.33. The molecule has 4 heteroatoms. The van der Waals surface area contributed by atoms with Crippen molar-refractivity contribution >= 4 is 6.09 Å². The Kier molecular flexibility index (Phi) is 3.46. The van der Waals surface area contributed by atoms with Gasteiger partial charge in [-0.2, -0.15) is 0 Å². The van der Waals surface area contributed by atoms with Crippen molar-refractivity contribution in [3.05, 3.63) is 0 Å². The summed E-state index contributed by atoms with van der Waals surface area (Å²) in [6.07, 6.45) is 5.74. The summed E-state index contributed by atoms with van der Waals surface area (Å²) in [6.45, 7) is 2.01. The van der Waals surface area contributed by atoms with E-state index >= 15 is 0 Å². The topological polar surface area (TPSA) is 55.6 Å². The van der Waals surface area contributed by atoms with E-state index in [1.165, 1.54) is 25.7 Å². The van der Waals surface area contributed by atoms with Crippen LogP contribution in [0.3, 0.4) is 0 Å². The van der Waals surface area contributed by atoms with Gasteiger partial charge in [-0.15, -0.1) is 0 Å². The number of amides is 1. The second-order valence-electron chi connectivity index (χ2n) is 4.72. The van der Waals surface area contributed by atoms with Crippen LogP contribution < -0.4 is 5.73 Å². The normalized spacial score (nSPS) is 27.3. The summed E-state index contributed by atoms with van der Waals surface area (Å²) in [5.41, 5.74) is 5.73. The summed E-state index contributed by atoms with van der Waals surface area (Å²) in [7, 11) is 0. The number of hydrogen-bond acceptors (Lipinski definition) is 3. The third-order valence-corrected chi connectivity index (χ3v) is 3.40. The minimum Gasteiger partial charge on any atom is -0.449 e. The van der Waals surface area contributed by atoms with Crippen LogP contribution in [0.25, 0.3) is 0 Å². The Morgan fingerprint density at radius 2 is 2.07 bits per heavy atom. The van der Waals surface area contributed by atoms with E-state index in [9.17, 15) is 4.79 Å². The molecule has 1 aliphatic heterocycles. The van der Waals surface area contributed by atoms with E-state index in [1.54, 1.807) is 4.90 Å². The molecule has 86 valence electrons. The molecule has 2 N–H and O–H groups in total. The van der Waals surface area contributed by atoms with Gasteiger partial charge in [0.2, 0.25) is 0 Å². The van der Waals surface area contributed by atoms with Crippen LogP contribution in [-0.2, 0) is 4.74 Å². The van der Waals surface area contributed by atoms with E-state index in [2.05, 4.69) is 0 Å². The van der Waals surface area contributed by atoms with Crippen molar-refractivity contribution in [2.75, 3.05) is 19.7 Å². The highest BCUT2D eigenvalue weighted by Crippen LogP contribution is 2.25. The fourth-order valence-electron chi connectivity index (χ4n) is 2.41. The first-order chi connectivity index (χ1) is 7.25. The van der Waals surface area contributed by atoms with Crippen molar-refractivity contribution in [2.45, 2.75) is 38.1 Å². The van der Waals surface area contributed by atoms with Gasteiger partial charge in [0.1, 0.15) is 0 Å². The Morgan fingerprint density at radius 1 is 1.33 bits per heavy atom. The standard InChI is InChI=1S/C11H20N2O2/c12-10-5-6-13(7-10)11(14)15-8-9-3-1-2-4-9/h9-10H,1-8,12H2. The lowest BCUT2D eigenvalue weighted by Gasteiger charge is -2.17. The third-order valence-electron chi connectivity index (χ3n) is 3.40. The van der Waals surface area contributed by atoms with Gasteiger partial charge >= 0.3 is 6.09 Å². The molecule has 1 amide bonds. The SMILES string of the molecule is NC1CCN(C(=O)OCC2CCCC2)C1. The predicted octanol–water partition coefficient (Wildman–Crippen LogP) is 1.35. The fourth-order valence-corrected chi connectivity index (χ4v) is 2.41. The van der Waals surface area contributed by atoms with Crippen LogP contribution in [0, 0.1) is 5.92 Å². The Balaban J connectivity index is 1.67. The maximum Gasteiger partial charge on any atom is 0.409 e. The number of carbonyl (C=O) groups is 1. The van der Waals surface area contributed by atoms with E-state index in [4.69, 9.17) is 10.5 Å². The molecule has 1 unspecified atom stereocenters. The molecule has 0 radical (unpaired) electrons. The van der Waals surface area contributed by atoms with Crippen LogP contribution >= 0.6 is 0 Å². The third kappa shape index (κ3) is 2.84. The van der Waals surface area contributed by atoms with Gasteiger partial charge in [0.05, 0.1) is 6.61 Å². The Bertz CT molecular complexity index is 227. The molecule has 1 heterocycles. The maximum atomic E-state index is 11.6. The highest BCUT2D eigenvalue weighted by atomic mass is 16.6. The highest BCUT2D eigenvalue weighted by molar-refractivity contribution is 5.68. The Hall–Kier alpha value is -0.770. The van der Waals surface area contributed by atoms with E-state index in [1.807, 2.05) is 0 Å². The number of carbonyl (C=O) groups excluding carboxylic acids is 1. The average Bonchev–Trinajstić information content (AvgIpc) is 2.84. The van der Waals surface area contributed by atoms with Gasteiger partial charge in [0, 0.05) is 19.1 Å². The van der Waals surface area contributed by atoms with Crippen LogP contribution in [0.5, 0.6) is 0 Å². The van der Waals surface area contributed by atoms with Crippen molar-refractivity contribution in [2.24, 2.45) is 11.7 Å². The Morgan fingerprint density at radius 3 is 2.67 bits per heavy atom. The molecule has 2 fully saturated rings. The van der Waals surface area contributed by atoms with Gasteiger partial charge in [-0.25, -0.2) is 4.79 Å². The monoisotopic (exact) mass is 212 g/mol. The second-order valence-corrected chi connectivity index (χ2v) is 4.72. The van der Waals surface area contributed by atoms with Gasteiger partial charge in [-0.3, -0.25) is 0 Å². The number of ether oxygens (including phenoxy) is 1. The highest BCUT2D eigenvalue weighted by Gasteiger charge is 2.25. The zero-order valence-corrected chi connectivity index (χ0v) is 9.15. The van der Waals surface area contributed by atoms with Crippen LogP contribution in [0.2, 0.25) is 0 Å². The van der Waals surface area contributed by atoms with Crippen LogP contribution in [0.1, 0.15) is 32.1 Å². The van der Waals surface area contributed by atoms with Crippen molar-refractivity contribution in [1.29, 1.82) is 0 Å². The van der Waals surface area contributed by atoms with Gasteiger partial charge in [0.15, 0.2) is 0 Å². The number of nitrogens with zero attached hydrogens (tertiary/aromatic N) is 1. The number of nitrogens with two attached hydrogens (primary N) is 1. The molecule has 2 rings (SSSR count). The molecule has 0 bridgehead atoms. The smallest absolute Gasteiger partial charge is 0.409 e. The largest absolute Gasteiger partial charge is 0.449 e. The summed E-state index contributed by atoms with van der Waals surface area (Å²) in [5, 5.41) is 0. The maximum absolute atomic E-state index is 11.6. The summed E-state index contributed by atoms with van der Waals surface area (Å²) in [4.78, 5) is 13.3. The zero-order valence-electron chi connectivity index (χ0n) is 9.15. The summed E-state index contributed by atoms with van der Waals surface area (Å²) in [6, 6.07) is 0.143. The lowest BCUT2D eigenvalue weighted by molar-refractivity contribution is 0.0950. The lowest BCUT2D eigenvalue weighted by atomic mass is 10.1. The molecule has 15 heavy (non-hydrogen) atoms. The van der Waals surface area contributed by atoms with E-state index < -0.39 is 0 Å². The summed E-state index contributed by atoms with van der Waals surface area (Å²) >= 11 is 0. The number of hydrogen-bond donors (Lipinski definition) is 1. The first-order valence-corrected chi connectivity index (χ1v) is 5.93. The molecule has 2 aliphatic rings. The molecule has 0 aromatic carbocycles. The molecule has 0 spiro atoms. The van der Waals surface area contributed by atoms with E-state index in [0.29, 0.717) is 19.1 Å². The zero-order chi connectivity index (χ0) is 10.7. The number of likely N-dealkylation sites (tertiary alicyclic amines) is 1. The van der Waals surface area contributed by atoms with Crippen LogP contribution in [-0.4, -0.2) is 36.7 Å². The molecule has 4 nitrogen and oxygen atoms in total. The predicted molar refractivity (Wildman–Crippen MR) is 57.5 cm³/mol. The van der Waals surface area contributed by atoms with Crippen molar-refractivity contribution < 1.29 is 9.53 Å². The first kappa shape index (κ1) is 10.7. The van der Waals surface area contributed by atoms with Crippen LogP contribution in [0.4, 0.5) is 4.79 Å². The quantitative estimate of drug-likeness (QED) is 0.751. The second kappa shape index (κ2) is 4.84. The van der Waals surface area contributed by atoms with E-state index in [-0.39, 0.29) is 12.1 Å². The molecular formula is C11H20N2O2. The molecule has 0 aromatic rings. The molecular weight excluding hydrogens is 192 g/mol. The molecule has 1 atom stereocenters. The fraction of sp³-hybridized carbons (Fsp3) is 0.909. The number of rotatable bonds is 2. The minimum absolute atomic E-state index is 0.143. The molecule has 1 saturated heterocycles. The minimum atomic E-state index is -0.171. The Labute approximate surface area is 90.8 Å². The van der Waals surface area contributed by atoms with Crippen molar-refractivity contribution in [3.8, 4) is 0 Å². The average molecular weight is 212 g/mol. The first-order valence-electron chi connectivity index (χ1n) is 5.93. The van der Waals surface area contributed by atoms with Gasteiger partial charge in [-0.05, 0) is 25.2 Å². The van der Waals surface area contributed by atoms with Crippen molar-refractivity contribution in [1.82, 2.24) is 4.90 Å². The van der Waals surface area contributed by atoms with Gasteiger partial charge in [0.25, 0.3) is 0 Å².